The highest BCUT2D eigenvalue weighted by molar-refractivity contribution is 7.15. The molecule has 0 unspecified atom stereocenters. The van der Waals surface area contributed by atoms with Gasteiger partial charge in [-0.2, -0.15) is 0 Å². The summed E-state index contributed by atoms with van der Waals surface area (Å²) in [4.78, 5) is 32.4. The number of rotatable bonds is 4. The van der Waals surface area contributed by atoms with E-state index in [4.69, 9.17) is 0 Å². The van der Waals surface area contributed by atoms with Crippen LogP contribution in [0.3, 0.4) is 0 Å². The largest absolute Gasteiger partial charge is 0.333 e. The molecule has 0 radical (unpaired) electrons. The van der Waals surface area contributed by atoms with Gasteiger partial charge in [0.15, 0.2) is 5.13 Å². The Labute approximate surface area is 173 Å². The van der Waals surface area contributed by atoms with Gasteiger partial charge in [0, 0.05) is 29.3 Å². The molecule has 146 valence electrons. The van der Waals surface area contributed by atoms with Crippen LogP contribution in [-0.2, 0) is 17.8 Å². The molecule has 1 saturated carbocycles. The lowest BCUT2D eigenvalue weighted by Crippen LogP contribution is -2.35. The Kier molecular flexibility index (Phi) is 4.64. The number of nitrogens with one attached hydrogen (secondary N) is 1. The fraction of sp³-hybridized carbons (Fsp3) is 0.261. The normalized spacial score (nSPS) is 15.7. The Hall–Kier alpha value is -2.99. The third kappa shape index (κ3) is 3.80. The van der Waals surface area contributed by atoms with E-state index in [1.165, 1.54) is 11.3 Å². The summed E-state index contributed by atoms with van der Waals surface area (Å²) >= 11 is 1.49. The van der Waals surface area contributed by atoms with E-state index >= 15 is 0 Å². The van der Waals surface area contributed by atoms with Crippen molar-refractivity contribution >= 4 is 28.3 Å². The number of aromatic nitrogens is 1. The van der Waals surface area contributed by atoms with Gasteiger partial charge in [-0.25, -0.2) is 4.98 Å². The molecule has 2 aromatic carbocycles. The molecule has 29 heavy (non-hydrogen) atoms. The standard InChI is InChI=1S/C23H21N3O2S/c27-21(17-8-9-17)25-23-24-19-12-13-26(14-20(19)29-23)22(28)18-10-6-16(7-11-18)15-4-2-1-3-5-15/h1-7,10-11,17H,8-9,12-14H2,(H,24,25,27). The Morgan fingerprint density at radius 2 is 1.72 bits per heavy atom. The molecule has 0 spiro atoms. The van der Waals surface area contributed by atoms with Crippen LogP contribution in [-0.4, -0.2) is 28.2 Å². The first kappa shape index (κ1) is 18.1. The van der Waals surface area contributed by atoms with Crippen LogP contribution in [0.4, 0.5) is 5.13 Å². The van der Waals surface area contributed by atoms with E-state index in [2.05, 4.69) is 22.4 Å². The van der Waals surface area contributed by atoms with E-state index in [1.54, 1.807) is 0 Å². The minimum atomic E-state index is 0.0345. The Balaban J connectivity index is 1.28. The van der Waals surface area contributed by atoms with Gasteiger partial charge in [-0.1, -0.05) is 53.8 Å². The van der Waals surface area contributed by atoms with Crippen LogP contribution in [0, 0.1) is 5.92 Å². The number of hydrogen-bond donors (Lipinski definition) is 1. The van der Waals surface area contributed by atoms with E-state index in [0.717, 1.165) is 41.0 Å². The number of anilines is 1. The molecule has 1 N–H and O–H groups in total. The van der Waals surface area contributed by atoms with E-state index in [0.29, 0.717) is 23.8 Å². The maximum absolute atomic E-state index is 13.0. The number of fused-ring (bicyclic) bond motifs is 1. The molecule has 6 heteroatoms. The summed E-state index contributed by atoms with van der Waals surface area (Å²) in [6.45, 7) is 1.19. The van der Waals surface area contributed by atoms with Gasteiger partial charge in [-0.05, 0) is 36.1 Å². The number of hydrogen-bond acceptors (Lipinski definition) is 4. The molecule has 2 amide bonds. The summed E-state index contributed by atoms with van der Waals surface area (Å²) < 4.78 is 0. The van der Waals surface area contributed by atoms with Gasteiger partial charge in [-0.3, -0.25) is 9.59 Å². The highest BCUT2D eigenvalue weighted by atomic mass is 32.1. The third-order valence-electron chi connectivity index (χ3n) is 5.44. The van der Waals surface area contributed by atoms with Crippen molar-refractivity contribution in [1.29, 1.82) is 0 Å². The molecule has 1 fully saturated rings. The zero-order valence-electron chi connectivity index (χ0n) is 15.9. The second-order valence-electron chi connectivity index (χ2n) is 7.57. The average molecular weight is 404 g/mol. The van der Waals surface area contributed by atoms with Crippen LogP contribution in [0.25, 0.3) is 11.1 Å². The Morgan fingerprint density at radius 3 is 2.45 bits per heavy atom. The van der Waals surface area contributed by atoms with Crippen LogP contribution in [0.2, 0.25) is 0 Å². The lowest BCUT2D eigenvalue weighted by molar-refractivity contribution is -0.117. The number of thiazole rings is 1. The summed E-state index contributed by atoms with van der Waals surface area (Å²) in [5.74, 6) is 0.266. The minimum Gasteiger partial charge on any atom is -0.333 e. The number of benzene rings is 2. The zero-order chi connectivity index (χ0) is 19.8. The van der Waals surface area contributed by atoms with Gasteiger partial charge >= 0.3 is 0 Å². The molecule has 0 bridgehead atoms. The zero-order valence-corrected chi connectivity index (χ0v) is 16.7. The highest BCUT2D eigenvalue weighted by Gasteiger charge is 2.31. The minimum absolute atomic E-state index is 0.0345. The fourth-order valence-corrected chi connectivity index (χ4v) is 4.62. The van der Waals surface area contributed by atoms with Crippen molar-refractivity contribution in [3.8, 4) is 11.1 Å². The van der Waals surface area contributed by atoms with E-state index in [-0.39, 0.29) is 17.7 Å². The van der Waals surface area contributed by atoms with Crippen molar-refractivity contribution in [1.82, 2.24) is 9.88 Å². The fourth-order valence-electron chi connectivity index (χ4n) is 3.59. The van der Waals surface area contributed by atoms with Crippen molar-refractivity contribution in [3.63, 3.8) is 0 Å². The SMILES string of the molecule is O=C(Nc1nc2c(s1)CN(C(=O)c1ccc(-c3ccccc3)cc1)CC2)C1CC1. The molecule has 3 aromatic rings. The molecule has 1 aliphatic carbocycles. The molecular formula is C23H21N3O2S. The molecule has 5 nitrogen and oxygen atoms in total. The van der Waals surface area contributed by atoms with Crippen molar-refractivity contribution < 1.29 is 9.59 Å². The van der Waals surface area contributed by atoms with Crippen LogP contribution in [0.1, 0.15) is 33.8 Å². The van der Waals surface area contributed by atoms with Gasteiger partial charge in [-0.15, -0.1) is 0 Å². The maximum atomic E-state index is 13.0. The third-order valence-corrected chi connectivity index (χ3v) is 6.43. The second-order valence-corrected chi connectivity index (χ2v) is 8.66. The Bertz CT molecular complexity index is 1060. The molecule has 1 aliphatic heterocycles. The molecule has 0 atom stereocenters. The molecule has 0 saturated heterocycles. The number of carbonyl (C=O) groups is 2. The Morgan fingerprint density at radius 1 is 1.00 bits per heavy atom. The van der Waals surface area contributed by atoms with Gasteiger partial charge in [0.2, 0.25) is 5.91 Å². The average Bonchev–Trinajstić information content (AvgIpc) is 3.54. The summed E-state index contributed by atoms with van der Waals surface area (Å²) in [5.41, 5.74) is 3.94. The van der Waals surface area contributed by atoms with Crippen LogP contribution >= 0.6 is 11.3 Å². The first-order valence-electron chi connectivity index (χ1n) is 9.91. The van der Waals surface area contributed by atoms with Crippen molar-refractivity contribution in [3.05, 3.63) is 70.7 Å². The predicted molar refractivity (Wildman–Crippen MR) is 114 cm³/mol. The van der Waals surface area contributed by atoms with Gasteiger partial charge in [0.25, 0.3) is 5.91 Å². The lowest BCUT2D eigenvalue weighted by atomic mass is 10.0. The first-order valence-corrected chi connectivity index (χ1v) is 10.7. The van der Waals surface area contributed by atoms with Gasteiger partial charge in [0.1, 0.15) is 0 Å². The smallest absolute Gasteiger partial charge is 0.254 e. The number of amides is 2. The summed E-state index contributed by atoms with van der Waals surface area (Å²) in [7, 11) is 0. The van der Waals surface area contributed by atoms with Crippen molar-refractivity contribution in [2.24, 2.45) is 5.92 Å². The van der Waals surface area contributed by atoms with Crippen molar-refractivity contribution in [2.45, 2.75) is 25.8 Å². The van der Waals surface area contributed by atoms with E-state index < -0.39 is 0 Å². The second kappa shape index (κ2) is 7.44. The molecule has 2 heterocycles. The molecule has 2 aliphatic rings. The quantitative estimate of drug-likeness (QED) is 0.704. The highest BCUT2D eigenvalue weighted by Crippen LogP contribution is 2.33. The predicted octanol–water partition coefficient (Wildman–Crippen LogP) is 4.36. The summed E-state index contributed by atoms with van der Waals surface area (Å²) in [5, 5.41) is 3.58. The van der Waals surface area contributed by atoms with Crippen LogP contribution in [0.15, 0.2) is 54.6 Å². The monoisotopic (exact) mass is 403 g/mol. The van der Waals surface area contributed by atoms with Crippen LogP contribution in [0.5, 0.6) is 0 Å². The molecular weight excluding hydrogens is 382 g/mol. The maximum Gasteiger partial charge on any atom is 0.254 e. The van der Waals surface area contributed by atoms with Gasteiger partial charge < -0.3 is 10.2 Å². The number of nitrogens with zero attached hydrogens (tertiary/aromatic N) is 2. The molecule has 5 rings (SSSR count). The van der Waals surface area contributed by atoms with E-state index in [1.807, 2.05) is 47.4 Å². The van der Waals surface area contributed by atoms with E-state index in [9.17, 15) is 9.59 Å². The first-order chi connectivity index (χ1) is 14.2. The molecule has 1 aromatic heterocycles. The summed E-state index contributed by atoms with van der Waals surface area (Å²) in [6.07, 6.45) is 2.67. The number of carbonyl (C=O) groups excluding carboxylic acids is 2. The topological polar surface area (TPSA) is 62.3 Å². The van der Waals surface area contributed by atoms with Crippen molar-refractivity contribution in [2.75, 3.05) is 11.9 Å². The lowest BCUT2D eigenvalue weighted by Gasteiger charge is -2.26. The summed E-state index contributed by atoms with van der Waals surface area (Å²) in [6, 6.07) is 17.9. The van der Waals surface area contributed by atoms with Crippen LogP contribution < -0.4 is 5.32 Å². The van der Waals surface area contributed by atoms with Gasteiger partial charge in [0.05, 0.1) is 12.2 Å².